The van der Waals surface area contributed by atoms with Gasteiger partial charge in [-0.25, -0.2) is 0 Å². The lowest BCUT2D eigenvalue weighted by Gasteiger charge is -2.06. The first-order valence-electron chi connectivity index (χ1n) is 3.61. The van der Waals surface area contributed by atoms with Gasteiger partial charge in [0.1, 0.15) is 0 Å². The second kappa shape index (κ2) is 3.54. The maximum Gasteiger partial charge on any atom is 0.0181 e. The van der Waals surface area contributed by atoms with Crippen molar-refractivity contribution in [2.24, 2.45) is 5.73 Å². The second-order valence-corrected chi connectivity index (χ2v) is 3.96. The lowest BCUT2D eigenvalue weighted by atomic mass is 10.0. The van der Waals surface area contributed by atoms with Crippen LogP contribution in [0.15, 0.2) is 12.1 Å². The first-order valence-corrected chi connectivity index (χ1v) is 4.68. The molecular formula is C9H12IN. The standard InChI is InChI=1S/C9H12IN/c1-6-3-9(10)4-8(5-11)7(6)2/h3-4H,5,11H2,1-2H3. The highest BCUT2D eigenvalue weighted by molar-refractivity contribution is 14.1. The molecule has 0 radical (unpaired) electrons. The molecule has 0 aliphatic heterocycles. The molecule has 0 amide bonds. The highest BCUT2D eigenvalue weighted by Crippen LogP contribution is 2.16. The average Bonchev–Trinajstić information content (AvgIpc) is 1.96. The number of hydrogen-bond acceptors (Lipinski definition) is 1. The Morgan fingerprint density at radius 2 is 2.00 bits per heavy atom. The summed E-state index contributed by atoms with van der Waals surface area (Å²) >= 11 is 2.32. The minimum absolute atomic E-state index is 0.642. The summed E-state index contributed by atoms with van der Waals surface area (Å²) < 4.78 is 1.27. The Bertz CT molecular complexity index is 269. The van der Waals surface area contributed by atoms with E-state index in [4.69, 9.17) is 5.73 Å². The number of halogens is 1. The van der Waals surface area contributed by atoms with E-state index in [-0.39, 0.29) is 0 Å². The Kier molecular flexibility index (Phi) is 2.90. The fourth-order valence-corrected chi connectivity index (χ4v) is 1.94. The third kappa shape index (κ3) is 1.93. The minimum atomic E-state index is 0.642. The number of hydrogen-bond donors (Lipinski definition) is 1. The zero-order valence-corrected chi connectivity index (χ0v) is 8.97. The fourth-order valence-electron chi connectivity index (χ4n) is 1.10. The van der Waals surface area contributed by atoms with Crippen molar-refractivity contribution in [2.75, 3.05) is 0 Å². The van der Waals surface area contributed by atoms with Crippen LogP contribution in [0, 0.1) is 17.4 Å². The molecule has 2 N–H and O–H groups in total. The summed E-state index contributed by atoms with van der Waals surface area (Å²) in [5.41, 5.74) is 9.50. The van der Waals surface area contributed by atoms with Crippen molar-refractivity contribution < 1.29 is 0 Å². The first-order chi connectivity index (χ1) is 5.15. The molecule has 0 spiro atoms. The van der Waals surface area contributed by atoms with Crippen LogP contribution >= 0.6 is 22.6 Å². The number of nitrogens with two attached hydrogens (primary N) is 1. The summed E-state index contributed by atoms with van der Waals surface area (Å²) in [6, 6.07) is 4.32. The molecule has 0 saturated heterocycles. The van der Waals surface area contributed by atoms with Gasteiger partial charge in [0.05, 0.1) is 0 Å². The Balaban J connectivity index is 3.24. The van der Waals surface area contributed by atoms with Gasteiger partial charge in [-0.2, -0.15) is 0 Å². The maximum atomic E-state index is 5.59. The second-order valence-electron chi connectivity index (χ2n) is 2.71. The third-order valence-electron chi connectivity index (χ3n) is 1.96. The van der Waals surface area contributed by atoms with Gasteiger partial charge in [0.2, 0.25) is 0 Å². The summed E-state index contributed by atoms with van der Waals surface area (Å²) in [4.78, 5) is 0. The molecule has 0 bridgehead atoms. The van der Waals surface area contributed by atoms with Gasteiger partial charge in [0.15, 0.2) is 0 Å². The minimum Gasteiger partial charge on any atom is -0.326 e. The van der Waals surface area contributed by atoms with Crippen LogP contribution < -0.4 is 5.73 Å². The van der Waals surface area contributed by atoms with Gasteiger partial charge in [-0.3, -0.25) is 0 Å². The maximum absolute atomic E-state index is 5.59. The molecule has 0 aliphatic rings. The topological polar surface area (TPSA) is 26.0 Å². The van der Waals surface area contributed by atoms with E-state index in [1.165, 1.54) is 20.3 Å². The summed E-state index contributed by atoms with van der Waals surface area (Å²) in [6.07, 6.45) is 0. The summed E-state index contributed by atoms with van der Waals surface area (Å²) in [6.45, 7) is 4.88. The molecule has 2 heteroatoms. The fraction of sp³-hybridized carbons (Fsp3) is 0.333. The van der Waals surface area contributed by atoms with Crippen LogP contribution in [-0.4, -0.2) is 0 Å². The molecule has 0 fully saturated rings. The van der Waals surface area contributed by atoms with Crippen LogP contribution in [0.5, 0.6) is 0 Å². The number of rotatable bonds is 1. The lowest BCUT2D eigenvalue weighted by molar-refractivity contribution is 1.04. The molecule has 1 nitrogen and oxygen atoms in total. The van der Waals surface area contributed by atoms with E-state index in [1.54, 1.807) is 0 Å². The summed E-state index contributed by atoms with van der Waals surface area (Å²) in [7, 11) is 0. The SMILES string of the molecule is Cc1cc(I)cc(CN)c1C. The van der Waals surface area contributed by atoms with E-state index in [0.29, 0.717) is 6.54 Å². The van der Waals surface area contributed by atoms with Gasteiger partial charge in [0.25, 0.3) is 0 Å². The highest BCUT2D eigenvalue weighted by Gasteiger charge is 2.00. The molecule has 11 heavy (non-hydrogen) atoms. The van der Waals surface area contributed by atoms with Crippen LogP contribution in [0.1, 0.15) is 16.7 Å². The zero-order chi connectivity index (χ0) is 8.43. The van der Waals surface area contributed by atoms with Crippen LogP contribution in [0.4, 0.5) is 0 Å². The van der Waals surface area contributed by atoms with E-state index < -0.39 is 0 Å². The Morgan fingerprint density at radius 3 is 2.55 bits per heavy atom. The predicted octanol–water partition coefficient (Wildman–Crippen LogP) is 2.37. The average molecular weight is 261 g/mol. The summed E-state index contributed by atoms with van der Waals surface area (Å²) in [5.74, 6) is 0. The van der Waals surface area contributed by atoms with Crippen molar-refractivity contribution in [2.45, 2.75) is 20.4 Å². The van der Waals surface area contributed by atoms with E-state index in [9.17, 15) is 0 Å². The molecule has 0 atom stereocenters. The molecule has 0 saturated carbocycles. The molecule has 0 aromatic heterocycles. The molecular weight excluding hydrogens is 249 g/mol. The lowest BCUT2D eigenvalue weighted by Crippen LogP contribution is -2.00. The first kappa shape index (κ1) is 9.00. The molecule has 0 unspecified atom stereocenters. The normalized spacial score (nSPS) is 10.2. The van der Waals surface area contributed by atoms with Gasteiger partial charge < -0.3 is 5.73 Å². The van der Waals surface area contributed by atoms with E-state index in [1.807, 2.05) is 0 Å². The third-order valence-corrected chi connectivity index (χ3v) is 2.58. The van der Waals surface area contributed by atoms with Crippen LogP contribution in [0.2, 0.25) is 0 Å². The molecule has 1 aromatic carbocycles. The number of aryl methyl sites for hydroxylation is 1. The van der Waals surface area contributed by atoms with E-state index >= 15 is 0 Å². The van der Waals surface area contributed by atoms with Crippen LogP contribution in [0.3, 0.4) is 0 Å². The van der Waals surface area contributed by atoms with Gasteiger partial charge in [-0.15, -0.1) is 0 Å². The van der Waals surface area contributed by atoms with Crippen molar-refractivity contribution in [3.8, 4) is 0 Å². The Morgan fingerprint density at radius 1 is 1.36 bits per heavy atom. The van der Waals surface area contributed by atoms with Crippen molar-refractivity contribution in [3.63, 3.8) is 0 Å². The molecule has 1 aromatic rings. The smallest absolute Gasteiger partial charge is 0.0181 e. The summed E-state index contributed by atoms with van der Waals surface area (Å²) in [5, 5.41) is 0. The van der Waals surface area contributed by atoms with Crippen molar-refractivity contribution in [3.05, 3.63) is 32.4 Å². The van der Waals surface area contributed by atoms with Crippen LogP contribution in [0.25, 0.3) is 0 Å². The van der Waals surface area contributed by atoms with Crippen molar-refractivity contribution in [1.29, 1.82) is 0 Å². The number of benzene rings is 1. The van der Waals surface area contributed by atoms with Gasteiger partial charge in [-0.05, 0) is 65.3 Å². The van der Waals surface area contributed by atoms with Gasteiger partial charge >= 0.3 is 0 Å². The molecule has 1 rings (SSSR count). The highest BCUT2D eigenvalue weighted by atomic mass is 127. The van der Waals surface area contributed by atoms with E-state index in [2.05, 4.69) is 48.6 Å². The van der Waals surface area contributed by atoms with Crippen molar-refractivity contribution >= 4 is 22.6 Å². The quantitative estimate of drug-likeness (QED) is 0.771. The largest absolute Gasteiger partial charge is 0.326 e. The Labute approximate surface area is 81.1 Å². The molecule has 0 heterocycles. The molecule has 60 valence electrons. The monoisotopic (exact) mass is 261 g/mol. The van der Waals surface area contributed by atoms with Crippen LogP contribution in [-0.2, 0) is 6.54 Å². The predicted molar refractivity (Wildman–Crippen MR) is 56.5 cm³/mol. The van der Waals surface area contributed by atoms with Gasteiger partial charge in [-0.1, -0.05) is 0 Å². The molecule has 0 aliphatic carbocycles. The van der Waals surface area contributed by atoms with E-state index in [0.717, 1.165) is 0 Å². The van der Waals surface area contributed by atoms with Crippen molar-refractivity contribution in [1.82, 2.24) is 0 Å². The van der Waals surface area contributed by atoms with Gasteiger partial charge in [0, 0.05) is 10.1 Å². The Hall–Kier alpha value is -0.0900. The zero-order valence-electron chi connectivity index (χ0n) is 6.82.